The van der Waals surface area contributed by atoms with Gasteiger partial charge in [-0.25, -0.2) is 4.98 Å². The summed E-state index contributed by atoms with van der Waals surface area (Å²) >= 11 is 0. The van der Waals surface area contributed by atoms with E-state index in [2.05, 4.69) is 14.9 Å². The van der Waals surface area contributed by atoms with Gasteiger partial charge in [0.25, 0.3) is 0 Å². The van der Waals surface area contributed by atoms with E-state index < -0.39 is 0 Å². The molecule has 0 amide bonds. The van der Waals surface area contributed by atoms with Crippen molar-refractivity contribution in [2.24, 2.45) is 0 Å². The first kappa shape index (κ1) is 10.7. The highest BCUT2D eigenvalue weighted by atomic mass is 16.3. The Morgan fingerprint density at radius 1 is 1.41 bits per heavy atom. The van der Waals surface area contributed by atoms with Crippen molar-refractivity contribution in [1.82, 2.24) is 14.9 Å². The van der Waals surface area contributed by atoms with E-state index in [0.29, 0.717) is 0 Å². The maximum absolute atomic E-state index is 9.63. The summed E-state index contributed by atoms with van der Waals surface area (Å²) in [5.41, 5.74) is 2.10. The number of aliphatic hydroxyl groups excluding tert-OH is 1. The van der Waals surface area contributed by atoms with Gasteiger partial charge < -0.3 is 10.1 Å². The first-order valence-electron chi connectivity index (χ1n) is 6.15. The monoisotopic (exact) mass is 231 g/mol. The summed E-state index contributed by atoms with van der Waals surface area (Å²) in [6.07, 6.45) is 1.83. The first-order valence-corrected chi connectivity index (χ1v) is 6.15. The number of aliphatic hydroxyl groups is 1. The Labute approximate surface area is 100 Å². The van der Waals surface area contributed by atoms with Gasteiger partial charge in [-0.1, -0.05) is 12.1 Å². The number of benzene rings is 1. The number of likely N-dealkylation sites (tertiary alicyclic amines) is 1. The molecule has 3 rings (SSSR count). The number of fused-ring (bicyclic) bond motifs is 1. The Bertz CT molecular complexity index is 475. The minimum absolute atomic E-state index is 0.173. The third kappa shape index (κ3) is 2.33. The average molecular weight is 231 g/mol. The van der Waals surface area contributed by atoms with Crippen LogP contribution in [0.25, 0.3) is 11.0 Å². The molecule has 1 fully saturated rings. The Kier molecular flexibility index (Phi) is 2.82. The maximum atomic E-state index is 9.63. The summed E-state index contributed by atoms with van der Waals surface area (Å²) in [7, 11) is 0. The molecule has 17 heavy (non-hydrogen) atoms. The topological polar surface area (TPSA) is 52.1 Å². The van der Waals surface area contributed by atoms with Crippen LogP contribution < -0.4 is 0 Å². The zero-order chi connectivity index (χ0) is 11.7. The number of para-hydroxylation sites is 2. The van der Waals surface area contributed by atoms with Crippen LogP contribution in [-0.2, 0) is 6.54 Å². The van der Waals surface area contributed by atoms with Gasteiger partial charge in [0.2, 0.25) is 0 Å². The van der Waals surface area contributed by atoms with Crippen LogP contribution in [-0.4, -0.2) is 39.2 Å². The molecule has 4 heteroatoms. The molecular weight excluding hydrogens is 214 g/mol. The lowest BCUT2D eigenvalue weighted by Crippen LogP contribution is -2.37. The molecule has 1 aliphatic rings. The number of nitrogens with zero attached hydrogens (tertiary/aromatic N) is 2. The van der Waals surface area contributed by atoms with E-state index in [1.165, 1.54) is 0 Å². The van der Waals surface area contributed by atoms with E-state index in [0.717, 1.165) is 49.3 Å². The van der Waals surface area contributed by atoms with Gasteiger partial charge in [-0.3, -0.25) is 4.90 Å². The summed E-state index contributed by atoms with van der Waals surface area (Å²) in [6.45, 7) is 2.61. The van der Waals surface area contributed by atoms with Crippen LogP contribution in [0.1, 0.15) is 18.7 Å². The number of H-pyrrole nitrogens is 1. The Morgan fingerprint density at radius 2 is 2.29 bits per heavy atom. The summed E-state index contributed by atoms with van der Waals surface area (Å²) in [5.74, 6) is 0.986. The van der Waals surface area contributed by atoms with Gasteiger partial charge >= 0.3 is 0 Å². The molecule has 1 saturated heterocycles. The number of hydrogen-bond donors (Lipinski definition) is 2. The largest absolute Gasteiger partial charge is 0.392 e. The second kappa shape index (κ2) is 4.47. The highest BCUT2D eigenvalue weighted by molar-refractivity contribution is 5.74. The number of hydrogen-bond acceptors (Lipinski definition) is 3. The minimum Gasteiger partial charge on any atom is -0.392 e. The van der Waals surface area contributed by atoms with Gasteiger partial charge in [-0.2, -0.15) is 0 Å². The van der Waals surface area contributed by atoms with Gasteiger partial charge in [0, 0.05) is 6.54 Å². The van der Waals surface area contributed by atoms with Crippen molar-refractivity contribution in [1.29, 1.82) is 0 Å². The maximum Gasteiger partial charge on any atom is 0.121 e. The molecule has 1 aliphatic heterocycles. The van der Waals surface area contributed by atoms with Crippen LogP contribution in [0.15, 0.2) is 24.3 Å². The summed E-state index contributed by atoms with van der Waals surface area (Å²) in [6, 6.07) is 8.06. The molecule has 2 heterocycles. The average Bonchev–Trinajstić information content (AvgIpc) is 2.71. The van der Waals surface area contributed by atoms with E-state index >= 15 is 0 Å². The number of rotatable bonds is 2. The number of aromatic nitrogens is 2. The lowest BCUT2D eigenvalue weighted by Gasteiger charge is -2.29. The first-order chi connectivity index (χ1) is 8.31. The Morgan fingerprint density at radius 3 is 3.12 bits per heavy atom. The molecule has 4 nitrogen and oxygen atoms in total. The lowest BCUT2D eigenvalue weighted by molar-refractivity contribution is 0.0657. The minimum atomic E-state index is -0.173. The van der Waals surface area contributed by atoms with Gasteiger partial charge in [0.15, 0.2) is 0 Å². The number of nitrogens with one attached hydrogen (secondary N) is 1. The molecule has 1 aromatic heterocycles. The molecule has 0 radical (unpaired) electrons. The zero-order valence-corrected chi connectivity index (χ0v) is 9.76. The van der Waals surface area contributed by atoms with Gasteiger partial charge in [-0.05, 0) is 31.5 Å². The van der Waals surface area contributed by atoms with Crippen molar-refractivity contribution >= 4 is 11.0 Å². The lowest BCUT2D eigenvalue weighted by atomic mass is 10.1. The molecule has 90 valence electrons. The fourth-order valence-electron chi connectivity index (χ4n) is 2.47. The van der Waals surface area contributed by atoms with E-state index in [9.17, 15) is 5.11 Å². The molecule has 0 bridgehead atoms. The van der Waals surface area contributed by atoms with Crippen LogP contribution >= 0.6 is 0 Å². The Balaban J connectivity index is 1.75. The molecule has 2 N–H and O–H groups in total. The third-order valence-corrected chi connectivity index (χ3v) is 3.29. The molecule has 1 atom stereocenters. The van der Waals surface area contributed by atoms with E-state index in [1.54, 1.807) is 0 Å². The predicted molar refractivity (Wildman–Crippen MR) is 66.6 cm³/mol. The zero-order valence-electron chi connectivity index (χ0n) is 9.76. The number of imidazole rings is 1. The number of aromatic amines is 1. The standard InChI is InChI=1S/C13H17N3O/c17-10-4-3-7-16(8-10)9-13-14-11-5-1-2-6-12(11)15-13/h1-2,5-6,10,17H,3-4,7-9H2,(H,14,15)/t10-/m0/s1. The van der Waals surface area contributed by atoms with Crippen LogP contribution in [0.4, 0.5) is 0 Å². The van der Waals surface area contributed by atoms with Crippen molar-refractivity contribution in [2.75, 3.05) is 13.1 Å². The fourth-order valence-corrected chi connectivity index (χ4v) is 2.47. The predicted octanol–water partition coefficient (Wildman–Crippen LogP) is 1.52. The van der Waals surface area contributed by atoms with Gasteiger partial charge in [0.1, 0.15) is 5.82 Å². The van der Waals surface area contributed by atoms with Crippen molar-refractivity contribution in [2.45, 2.75) is 25.5 Å². The summed E-state index contributed by atoms with van der Waals surface area (Å²) in [5, 5.41) is 9.63. The van der Waals surface area contributed by atoms with Crippen molar-refractivity contribution in [3.05, 3.63) is 30.1 Å². The molecule has 1 aromatic carbocycles. The molecule has 2 aromatic rings. The van der Waals surface area contributed by atoms with E-state index in [-0.39, 0.29) is 6.10 Å². The van der Waals surface area contributed by atoms with Crippen LogP contribution in [0.5, 0.6) is 0 Å². The normalized spacial score (nSPS) is 22.1. The van der Waals surface area contributed by atoms with Crippen molar-refractivity contribution < 1.29 is 5.11 Å². The van der Waals surface area contributed by atoms with Crippen LogP contribution in [0.2, 0.25) is 0 Å². The molecule has 0 aliphatic carbocycles. The second-order valence-electron chi connectivity index (χ2n) is 4.73. The van der Waals surface area contributed by atoms with Crippen LogP contribution in [0.3, 0.4) is 0 Å². The smallest absolute Gasteiger partial charge is 0.121 e. The molecule has 0 saturated carbocycles. The summed E-state index contributed by atoms with van der Waals surface area (Å²) < 4.78 is 0. The third-order valence-electron chi connectivity index (χ3n) is 3.29. The van der Waals surface area contributed by atoms with Gasteiger partial charge in [-0.15, -0.1) is 0 Å². The fraction of sp³-hybridized carbons (Fsp3) is 0.462. The number of β-amino-alcohol motifs (C(OH)–C–C–N with tert-alkyl or cyclic N) is 1. The van der Waals surface area contributed by atoms with E-state index in [1.807, 2.05) is 24.3 Å². The second-order valence-corrected chi connectivity index (χ2v) is 4.73. The Hall–Kier alpha value is -1.39. The van der Waals surface area contributed by atoms with Crippen molar-refractivity contribution in [3.63, 3.8) is 0 Å². The van der Waals surface area contributed by atoms with Gasteiger partial charge in [0.05, 0.1) is 23.7 Å². The number of piperidine rings is 1. The molecule has 0 unspecified atom stereocenters. The van der Waals surface area contributed by atoms with Crippen molar-refractivity contribution in [3.8, 4) is 0 Å². The summed E-state index contributed by atoms with van der Waals surface area (Å²) in [4.78, 5) is 10.1. The highest BCUT2D eigenvalue weighted by Crippen LogP contribution is 2.15. The quantitative estimate of drug-likeness (QED) is 0.824. The SMILES string of the molecule is O[C@H]1CCCN(Cc2nc3ccccc3[nH]2)C1. The van der Waals surface area contributed by atoms with Crippen LogP contribution in [0, 0.1) is 0 Å². The molecular formula is C13H17N3O. The highest BCUT2D eigenvalue weighted by Gasteiger charge is 2.18. The molecule has 0 spiro atoms. The van der Waals surface area contributed by atoms with E-state index in [4.69, 9.17) is 0 Å².